The average Bonchev–Trinajstić information content (AvgIpc) is 2.11. The molecule has 1 rings (SSSR count). The molecular weight excluding hydrogens is 210 g/mol. The summed E-state index contributed by atoms with van der Waals surface area (Å²) in [5.41, 5.74) is 0. The Morgan fingerprint density at radius 2 is 2.00 bits per heavy atom. The molecule has 0 saturated heterocycles. The Bertz CT molecular complexity index is 270. The number of hydrogen-bond donors (Lipinski definition) is 1. The third kappa shape index (κ3) is 3.38. The zero-order valence-electron chi connectivity index (χ0n) is 10.0. The van der Waals surface area contributed by atoms with Gasteiger partial charge in [0.2, 0.25) is 0 Å². The van der Waals surface area contributed by atoms with E-state index in [1.165, 1.54) is 0 Å². The van der Waals surface area contributed by atoms with Gasteiger partial charge in [-0.3, -0.25) is 4.79 Å². The van der Waals surface area contributed by atoms with E-state index in [-0.39, 0.29) is 16.7 Å². The molecule has 0 aromatic rings. The van der Waals surface area contributed by atoms with Gasteiger partial charge in [0.15, 0.2) is 0 Å². The maximum atomic E-state index is 11.9. The Kier molecular flexibility index (Phi) is 4.06. The van der Waals surface area contributed by atoms with Gasteiger partial charge in [-0.25, -0.2) is 8.93 Å². The van der Waals surface area contributed by atoms with Crippen molar-refractivity contribution in [2.45, 2.75) is 57.7 Å². The highest BCUT2D eigenvalue weighted by Crippen LogP contribution is 2.22. The van der Waals surface area contributed by atoms with Crippen molar-refractivity contribution in [1.82, 2.24) is 4.72 Å². The van der Waals surface area contributed by atoms with Gasteiger partial charge in [-0.2, -0.15) is 0 Å². The normalized spacial score (nSPS) is 30.3. The Balaban J connectivity index is 2.58. The van der Waals surface area contributed by atoms with Gasteiger partial charge in [-0.05, 0) is 33.6 Å². The van der Waals surface area contributed by atoms with E-state index in [0.717, 1.165) is 12.8 Å². The van der Waals surface area contributed by atoms with Gasteiger partial charge in [0.25, 0.3) is 0 Å². The molecule has 1 unspecified atom stereocenters. The highest BCUT2D eigenvalue weighted by molar-refractivity contribution is 7.84. The van der Waals surface area contributed by atoms with Crippen molar-refractivity contribution in [2.75, 3.05) is 0 Å². The zero-order chi connectivity index (χ0) is 11.6. The number of carbonyl (C=O) groups is 1. The third-order valence-electron chi connectivity index (χ3n) is 2.86. The van der Waals surface area contributed by atoms with Crippen molar-refractivity contribution < 1.29 is 9.00 Å². The number of nitrogens with one attached hydrogen (secondary N) is 1. The van der Waals surface area contributed by atoms with Crippen LogP contribution >= 0.6 is 0 Å². The third-order valence-corrected chi connectivity index (χ3v) is 4.49. The summed E-state index contributed by atoms with van der Waals surface area (Å²) in [4.78, 5) is 11.5. The monoisotopic (exact) mass is 231 g/mol. The minimum absolute atomic E-state index is 0.00468. The van der Waals surface area contributed by atoms with Crippen LogP contribution in [-0.4, -0.2) is 20.8 Å². The average molecular weight is 231 g/mol. The minimum atomic E-state index is -1.07. The molecule has 1 aliphatic carbocycles. The van der Waals surface area contributed by atoms with Gasteiger partial charge in [0, 0.05) is 18.4 Å². The molecule has 1 saturated carbocycles. The van der Waals surface area contributed by atoms with Gasteiger partial charge in [-0.15, -0.1) is 0 Å². The quantitative estimate of drug-likeness (QED) is 0.787. The first-order chi connectivity index (χ1) is 6.82. The Morgan fingerprint density at radius 3 is 2.53 bits per heavy atom. The van der Waals surface area contributed by atoms with E-state index in [4.69, 9.17) is 0 Å². The summed E-state index contributed by atoms with van der Waals surface area (Å²) in [5, 5.41) is 0. The molecule has 0 aliphatic heterocycles. The smallest absolute Gasteiger partial charge is 0.137 e. The lowest BCUT2D eigenvalue weighted by molar-refractivity contribution is -0.124. The van der Waals surface area contributed by atoms with E-state index < -0.39 is 11.0 Å². The van der Waals surface area contributed by atoms with Crippen molar-refractivity contribution in [3.05, 3.63) is 0 Å². The molecule has 0 spiro atoms. The first kappa shape index (κ1) is 12.8. The van der Waals surface area contributed by atoms with Crippen LogP contribution in [0.25, 0.3) is 0 Å². The van der Waals surface area contributed by atoms with Crippen molar-refractivity contribution in [3.63, 3.8) is 0 Å². The molecule has 4 heteroatoms. The molecular formula is C11H21NO2S. The second kappa shape index (κ2) is 4.74. The van der Waals surface area contributed by atoms with Crippen molar-refractivity contribution >= 4 is 16.8 Å². The number of ketones is 1. The second-order valence-corrected chi connectivity index (χ2v) is 7.25. The van der Waals surface area contributed by atoms with Gasteiger partial charge in [0.1, 0.15) is 5.78 Å². The van der Waals surface area contributed by atoms with Crippen molar-refractivity contribution in [3.8, 4) is 0 Å². The Labute approximate surface area is 94.6 Å². The second-order valence-electron chi connectivity index (χ2n) is 5.25. The van der Waals surface area contributed by atoms with Crippen molar-refractivity contribution in [2.24, 2.45) is 5.92 Å². The predicted molar refractivity (Wildman–Crippen MR) is 62.8 cm³/mol. The number of Topliss-reactive ketones (excluding diaryl/α,β-unsaturated/α-hetero) is 1. The molecule has 15 heavy (non-hydrogen) atoms. The molecule has 0 aromatic heterocycles. The first-order valence-corrected chi connectivity index (χ1v) is 6.68. The molecule has 0 bridgehead atoms. The summed E-state index contributed by atoms with van der Waals surface area (Å²) in [6.45, 7) is 7.74. The van der Waals surface area contributed by atoms with Gasteiger partial charge in [-0.1, -0.05) is 6.92 Å². The topological polar surface area (TPSA) is 46.2 Å². The van der Waals surface area contributed by atoms with E-state index in [1.807, 2.05) is 27.7 Å². The summed E-state index contributed by atoms with van der Waals surface area (Å²) in [6, 6.07) is 0.0892. The molecule has 1 aliphatic rings. The Hall–Kier alpha value is -0.220. The van der Waals surface area contributed by atoms with E-state index in [1.54, 1.807) is 0 Å². The Morgan fingerprint density at radius 1 is 1.40 bits per heavy atom. The van der Waals surface area contributed by atoms with E-state index in [0.29, 0.717) is 12.2 Å². The molecule has 0 amide bonds. The van der Waals surface area contributed by atoms with Crippen LogP contribution in [0.4, 0.5) is 0 Å². The van der Waals surface area contributed by atoms with Gasteiger partial charge in [0.05, 0.1) is 15.7 Å². The van der Waals surface area contributed by atoms with E-state index in [9.17, 15) is 9.00 Å². The summed E-state index contributed by atoms with van der Waals surface area (Å²) in [6.07, 6.45) is 2.55. The molecule has 0 aromatic carbocycles. The SMILES string of the molecule is C[C@H]1C(=O)CCC[C@H]1NS(=O)C(C)(C)C. The van der Waals surface area contributed by atoms with E-state index >= 15 is 0 Å². The summed E-state index contributed by atoms with van der Waals surface area (Å²) >= 11 is 0. The number of carbonyl (C=O) groups excluding carboxylic acids is 1. The van der Waals surface area contributed by atoms with Crippen LogP contribution in [0.5, 0.6) is 0 Å². The lowest BCUT2D eigenvalue weighted by Crippen LogP contribution is -2.46. The maximum absolute atomic E-state index is 11.9. The van der Waals surface area contributed by atoms with Crippen LogP contribution < -0.4 is 4.72 Å². The highest BCUT2D eigenvalue weighted by Gasteiger charge is 2.31. The van der Waals surface area contributed by atoms with Gasteiger partial charge < -0.3 is 0 Å². The van der Waals surface area contributed by atoms with Crippen LogP contribution in [-0.2, 0) is 15.8 Å². The lowest BCUT2D eigenvalue weighted by Gasteiger charge is -2.30. The number of rotatable bonds is 2. The van der Waals surface area contributed by atoms with Crippen molar-refractivity contribution in [1.29, 1.82) is 0 Å². The van der Waals surface area contributed by atoms with Gasteiger partial charge >= 0.3 is 0 Å². The molecule has 3 atom stereocenters. The molecule has 1 fully saturated rings. The highest BCUT2D eigenvalue weighted by atomic mass is 32.2. The molecule has 0 radical (unpaired) electrons. The molecule has 1 N–H and O–H groups in total. The minimum Gasteiger partial charge on any atom is -0.299 e. The van der Waals surface area contributed by atoms with Crippen LogP contribution in [0.1, 0.15) is 47.0 Å². The van der Waals surface area contributed by atoms with Crippen LogP contribution in [0.3, 0.4) is 0 Å². The molecule has 0 heterocycles. The standard InChI is InChI=1S/C11H21NO2S/c1-8-9(6-5-7-10(8)13)12-15(14)11(2,3)4/h8-9,12H,5-7H2,1-4H3/t8-,9-,15?/m1/s1. The van der Waals surface area contributed by atoms with Crippen LogP contribution in [0.2, 0.25) is 0 Å². The molecule has 3 nitrogen and oxygen atoms in total. The largest absolute Gasteiger partial charge is 0.299 e. The maximum Gasteiger partial charge on any atom is 0.137 e. The van der Waals surface area contributed by atoms with Crippen LogP contribution in [0.15, 0.2) is 0 Å². The fraction of sp³-hybridized carbons (Fsp3) is 0.909. The first-order valence-electron chi connectivity index (χ1n) is 5.53. The summed E-state index contributed by atoms with van der Waals surface area (Å²) in [7, 11) is -1.07. The van der Waals surface area contributed by atoms with E-state index in [2.05, 4.69) is 4.72 Å². The zero-order valence-corrected chi connectivity index (χ0v) is 10.8. The van der Waals surface area contributed by atoms with Crippen LogP contribution in [0, 0.1) is 5.92 Å². The summed E-state index contributed by atoms with van der Waals surface area (Å²) < 4.78 is 14.7. The summed E-state index contributed by atoms with van der Waals surface area (Å²) in [5.74, 6) is 0.301. The molecule has 88 valence electrons. The lowest BCUT2D eigenvalue weighted by atomic mass is 9.85. The fourth-order valence-corrected chi connectivity index (χ4v) is 2.62. The predicted octanol–water partition coefficient (Wildman–Crippen LogP) is 1.80. The fourth-order valence-electron chi connectivity index (χ4n) is 1.67. The number of hydrogen-bond acceptors (Lipinski definition) is 2.